The van der Waals surface area contributed by atoms with E-state index in [-0.39, 0.29) is 11.2 Å². The van der Waals surface area contributed by atoms with Crippen molar-refractivity contribution in [2.45, 2.75) is 61.0 Å². The minimum atomic E-state index is -2.57. The summed E-state index contributed by atoms with van der Waals surface area (Å²) < 4.78 is 5.06. The average molecular weight is 509 g/mol. The standard InChI is InChI=1S/C31H41O4P/c1-9-23(2)16-12-17-24(3)14-10-11-15-25(4)18-13-19-26(5)20-21-28-27(6)30(32)29(35-36(33)34)22-31(28,7)8/h9-21,29,33-34H,1,22H2,2-8H3/b11-10+,17-12+,18-13+,21-20+,23-16+,24-14+,25-15+,26-19+. The van der Waals surface area contributed by atoms with Crippen molar-refractivity contribution < 1.29 is 19.1 Å². The van der Waals surface area contributed by atoms with Gasteiger partial charge in [0, 0.05) is 0 Å². The predicted octanol–water partition coefficient (Wildman–Crippen LogP) is 8.09. The molecule has 4 nitrogen and oxygen atoms in total. The summed E-state index contributed by atoms with van der Waals surface area (Å²) in [6, 6.07) is 0. The quantitative estimate of drug-likeness (QED) is 0.219. The number of rotatable bonds is 11. The van der Waals surface area contributed by atoms with Crippen LogP contribution in [-0.4, -0.2) is 21.7 Å². The second-order valence-corrected chi connectivity index (χ2v) is 10.3. The van der Waals surface area contributed by atoms with Crippen LogP contribution in [0.5, 0.6) is 0 Å². The molecule has 0 saturated heterocycles. The Morgan fingerprint density at radius 3 is 1.86 bits per heavy atom. The van der Waals surface area contributed by atoms with Crippen LogP contribution in [0.3, 0.4) is 0 Å². The van der Waals surface area contributed by atoms with Crippen molar-refractivity contribution in [3.05, 3.63) is 119 Å². The van der Waals surface area contributed by atoms with E-state index in [2.05, 4.69) is 31.7 Å². The van der Waals surface area contributed by atoms with Gasteiger partial charge >= 0.3 is 8.60 Å². The number of Topliss-reactive ketones (excluding diaryl/α,β-unsaturated/α-hetero) is 1. The Morgan fingerprint density at radius 1 is 0.889 bits per heavy atom. The highest BCUT2D eigenvalue weighted by Crippen LogP contribution is 2.43. The van der Waals surface area contributed by atoms with E-state index < -0.39 is 14.7 Å². The smallest absolute Gasteiger partial charge is 0.327 e. The lowest BCUT2D eigenvalue weighted by Gasteiger charge is -2.36. The molecule has 0 aromatic rings. The van der Waals surface area contributed by atoms with Crippen LogP contribution in [0.4, 0.5) is 0 Å². The first-order valence-electron chi connectivity index (χ1n) is 12.0. The maximum Gasteiger partial charge on any atom is 0.327 e. The summed E-state index contributed by atoms with van der Waals surface area (Å²) in [5.74, 6) is -0.194. The Balaban J connectivity index is 2.80. The molecule has 2 N–H and O–H groups in total. The summed E-state index contributed by atoms with van der Waals surface area (Å²) >= 11 is 0. The molecule has 0 bridgehead atoms. The third kappa shape index (κ3) is 11.4. The van der Waals surface area contributed by atoms with E-state index in [1.54, 1.807) is 6.92 Å². The van der Waals surface area contributed by atoms with Crippen molar-refractivity contribution in [3.8, 4) is 0 Å². The lowest BCUT2D eigenvalue weighted by molar-refractivity contribution is -0.124. The molecule has 1 atom stereocenters. The minimum absolute atomic E-state index is 0.194. The molecule has 0 fully saturated rings. The van der Waals surface area contributed by atoms with Crippen LogP contribution in [0, 0.1) is 5.41 Å². The highest BCUT2D eigenvalue weighted by Gasteiger charge is 2.39. The fraction of sp³-hybridized carbons (Fsp3) is 0.323. The van der Waals surface area contributed by atoms with Gasteiger partial charge in [-0.1, -0.05) is 122 Å². The molecule has 0 aliphatic heterocycles. The van der Waals surface area contributed by atoms with Crippen molar-refractivity contribution >= 4 is 14.4 Å². The molecule has 0 aromatic carbocycles. The summed E-state index contributed by atoms with van der Waals surface area (Å²) in [5.41, 5.74) is 5.69. The third-order valence-corrected chi connectivity index (χ3v) is 6.26. The third-order valence-electron chi connectivity index (χ3n) is 5.81. The normalized spacial score (nSPS) is 20.8. The molecule has 0 spiro atoms. The molecule has 0 amide bonds. The van der Waals surface area contributed by atoms with E-state index in [1.165, 1.54) is 0 Å². The lowest BCUT2D eigenvalue weighted by atomic mass is 9.71. The lowest BCUT2D eigenvalue weighted by Crippen LogP contribution is -2.36. The van der Waals surface area contributed by atoms with Crippen LogP contribution in [0.1, 0.15) is 54.9 Å². The second kappa shape index (κ2) is 15.5. The summed E-state index contributed by atoms with van der Waals surface area (Å²) in [6.45, 7) is 17.7. The highest BCUT2D eigenvalue weighted by atomic mass is 31.2. The van der Waals surface area contributed by atoms with Crippen molar-refractivity contribution in [1.82, 2.24) is 0 Å². The first-order valence-corrected chi connectivity index (χ1v) is 13.2. The number of carbonyl (C=O) groups excluding carboxylic acids is 1. The van der Waals surface area contributed by atoms with Crippen molar-refractivity contribution in [2.24, 2.45) is 5.41 Å². The molecule has 1 aliphatic rings. The van der Waals surface area contributed by atoms with Gasteiger partial charge in [0.05, 0.1) is 0 Å². The maximum atomic E-state index is 12.6. The van der Waals surface area contributed by atoms with Crippen LogP contribution in [-0.2, 0) is 9.32 Å². The Morgan fingerprint density at radius 2 is 1.36 bits per heavy atom. The van der Waals surface area contributed by atoms with E-state index in [0.29, 0.717) is 12.0 Å². The summed E-state index contributed by atoms with van der Waals surface area (Å²) in [4.78, 5) is 30.9. The van der Waals surface area contributed by atoms with Crippen LogP contribution >= 0.6 is 8.60 Å². The largest absolute Gasteiger partial charge is 0.328 e. The summed E-state index contributed by atoms with van der Waals surface area (Å²) in [6.07, 6.45) is 25.7. The molecule has 194 valence electrons. The molecule has 0 aromatic heterocycles. The highest BCUT2D eigenvalue weighted by molar-refractivity contribution is 7.39. The van der Waals surface area contributed by atoms with Crippen molar-refractivity contribution in [1.29, 1.82) is 0 Å². The number of allylic oxidation sites excluding steroid dienone is 18. The predicted molar refractivity (Wildman–Crippen MR) is 154 cm³/mol. The Bertz CT molecular complexity index is 1070. The fourth-order valence-electron chi connectivity index (χ4n) is 3.66. The van der Waals surface area contributed by atoms with Crippen molar-refractivity contribution in [3.63, 3.8) is 0 Å². The van der Waals surface area contributed by atoms with Crippen LogP contribution in [0.2, 0.25) is 0 Å². The van der Waals surface area contributed by atoms with E-state index in [4.69, 9.17) is 14.3 Å². The number of ketones is 1. The molecule has 1 aliphatic carbocycles. The molecular formula is C31H41O4P. The topological polar surface area (TPSA) is 66.8 Å². The van der Waals surface area contributed by atoms with Gasteiger partial charge in [0.2, 0.25) is 0 Å². The van der Waals surface area contributed by atoms with Gasteiger partial charge in [-0.3, -0.25) is 4.79 Å². The van der Waals surface area contributed by atoms with Gasteiger partial charge in [-0.2, -0.15) is 0 Å². The van der Waals surface area contributed by atoms with Crippen molar-refractivity contribution in [2.75, 3.05) is 0 Å². The monoisotopic (exact) mass is 508 g/mol. The van der Waals surface area contributed by atoms with Gasteiger partial charge in [0.25, 0.3) is 0 Å². The zero-order valence-electron chi connectivity index (χ0n) is 22.7. The first-order chi connectivity index (χ1) is 16.9. The van der Waals surface area contributed by atoms with Gasteiger partial charge in [0.15, 0.2) is 5.78 Å². The SMILES string of the molecule is C=C/C(C)=C/C=C/C(C)=C/C=C/C=C(C)/C=C/C=C(C)/C=C/C1=C(C)C(=O)C(OP(O)O)CC1(C)C. The summed E-state index contributed by atoms with van der Waals surface area (Å²) in [5, 5.41) is 0. The van der Waals surface area contributed by atoms with E-state index in [9.17, 15) is 4.79 Å². The summed E-state index contributed by atoms with van der Waals surface area (Å²) in [7, 11) is -2.57. The minimum Gasteiger partial charge on any atom is -0.328 e. The van der Waals surface area contributed by atoms with Gasteiger partial charge in [-0.25, -0.2) is 0 Å². The van der Waals surface area contributed by atoms with Crippen LogP contribution in [0.15, 0.2) is 119 Å². The molecule has 5 heteroatoms. The molecular weight excluding hydrogens is 467 g/mol. The zero-order chi connectivity index (χ0) is 27.3. The van der Waals surface area contributed by atoms with E-state index in [0.717, 1.165) is 27.9 Å². The molecule has 36 heavy (non-hydrogen) atoms. The molecule has 1 unspecified atom stereocenters. The van der Waals surface area contributed by atoms with E-state index >= 15 is 0 Å². The molecule has 0 radical (unpaired) electrons. The number of hydrogen-bond donors (Lipinski definition) is 2. The van der Waals surface area contributed by atoms with Gasteiger partial charge in [-0.05, 0) is 57.6 Å². The van der Waals surface area contributed by atoms with E-state index in [1.807, 2.05) is 95.4 Å². The molecule has 0 saturated carbocycles. The van der Waals surface area contributed by atoms with Gasteiger partial charge < -0.3 is 14.3 Å². The molecule has 1 rings (SSSR count). The average Bonchev–Trinajstić information content (AvgIpc) is 2.79. The van der Waals surface area contributed by atoms with Crippen LogP contribution < -0.4 is 0 Å². The first kappa shape index (κ1) is 31.4. The zero-order valence-corrected chi connectivity index (χ0v) is 23.5. The fourth-order valence-corrected chi connectivity index (χ4v) is 4.06. The maximum absolute atomic E-state index is 12.6. The Labute approximate surface area is 218 Å². The molecule has 0 heterocycles. The van der Waals surface area contributed by atoms with Crippen LogP contribution in [0.25, 0.3) is 0 Å². The number of carbonyl (C=O) groups is 1. The van der Waals surface area contributed by atoms with Gasteiger partial charge in [0.1, 0.15) is 6.10 Å². The van der Waals surface area contributed by atoms with Gasteiger partial charge in [-0.15, -0.1) is 0 Å². The Kier molecular flexibility index (Phi) is 13.5. The number of hydrogen-bond acceptors (Lipinski definition) is 4. The Hall–Kier alpha value is -2.62. The second-order valence-electron chi connectivity index (χ2n) is 9.62.